The van der Waals surface area contributed by atoms with E-state index in [-0.39, 0.29) is 21.3 Å². The molecule has 0 spiro atoms. The van der Waals surface area contributed by atoms with Crippen LogP contribution in [-0.2, 0) is 14.8 Å². The average Bonchev–Trinajstić information content (AvgIpc) is 2.78. The second-order valence-electron chi connectivity index (χ2n) is 9.48. The normalized spacial score (nSPS) is 19.0. The molecule has 2 aliphatic heterocycles. The van der Waals surface area contributed by atoms with Gasteiger partial charge in [0.25, 0.3) is 10.0 Å². The first kappa shape index (κ1) is 26.3. The van der Waals surface area contributed by atoms with Gasteiger partial charge in [0.1, 0.15) is 15.7 Å². The Balaban J connectivity index is 1.43. The van der Waals surface area contributed by atoms with Gasteiger partial charge in [-0.3, -0.25) is 4.72 Å². The molecule has 192 valence electrons. The Morgan fingerprint density at radius 3 is 2.54 bits per heavy atom. The summed E-state index contributed by atoms with van der Waals surface area (Å²) in [6.45, 7) is 6.47. The van der Waals surface area contributed by atoms with Gasteiger partial charge in [0.2, 0.25) is 5.95 Å². The lowest BCUT2D eigenvalue weighted by molar-refractivity contribution is 0.0361. The highest BCUT2D eigenvalue weighted by Crippen LogP contribution is 2.44. The molecule has 4 rings (SSSR count). The van der Waals surface area contributed by atoms with Crippen LogP contribution in [0.25, 0.3) is 0 Å². The number of aromatic nitrogens is 1. The van der Waals surface area contributed by atoms with Crippen molar-refractivity contribution in [2.75, 3.05) is 49.5 Å². The molecular formula is C23H28Cl2F2N4O3S. The average molecular weight is 549 g/mol. The third-order valence-electron chi connectivity index (χ3n) is 6.71. The van der Waals surface area contributed by atoms with Gasteiger partial charge in [-0.15, -0.1) is 0 Å². The lowest BCUT2D eigenvalue weighted by Crippen LogP contribution is -2.56. The molecule has 35 heavy (non-hydrogen) atoms. The van der Waals surface area contributed by atoms with Crippen LogP contribution in [0.3, 0.4) is 0 Å². The first-order chi connectivity index (χ1) is 16.5. The van der Waals surface area contributed by atoms with E-state index in [1.54, 1.807) is 7.11 Å². The Morgan fingerprint density at radius 1 is 1.23 bits per heavy atom. The van der Waals surface area contributed by atoms with Crippen LogP contribution in [0.2, 0.25) is 10.0 Å². The molecule has 0 bridgehead atoms. The predicted octanol–water partition coefficient (Wildman–Crippen LogP) is 4.79. The highest BCUT2D eigenvalue weighted by Gasteiger charge is 2.41. The maximum Gasteiger partial charge on any atom is 0.267 e. The van der Waals surface area contributed by atoms with Gasteiger partial charge in [-0.25, -0.2) is 17.8 Å². The molecule has 1 aromatic carbocycles. The summed E-state index contributed by atoms with van der Waals surface area (Å²) in [5.41, 5.74) is 0.370. The number of pyridine rings is 1. The smallest absolute Gasteiger partial charge is 0.267 e. The summed E-state index contributed by atoms with van der Waals surface area (Å²) < 4.78 is 61.5. The molecule has 3 heterocycles. The van der Waals surface area contributed by atoms with Crippen molar-refractivity contribution in [2.24, 2.45) is 5.41 Å². The first-order valence-corrected chi connectivity index (χ1v) is 13.6. The second kappa shape index (κ2) is 10.3. The van der Waals surface area contributed by atoms with E-state index in [0.717, 1.165) is 45.0 Å². The summed E-state index contributed by atoms with van der Waals surface area (Å²) in [4.78, 5) is 6.96. The molecule has 2 aromatic rings. The van der Waals surface area contributed by atoms with Gasteiger partial charge in [-0.05, 0) is 44.0 Å². The van der Waals surface area contributed by atoms with Gasteiger partial charge in [0, 0.05) is 38.7 Å². The van der Waals surface area contributed by atoms with E-state index in [1.165, 1.54) is 18.2 Å². The third kappa shape index (κ3) is 5.83. The number of piperidine rings is 1. The summed E-state index contributed by atoms with van der Waals surface area (Å²) in [7, 11) is -2.74. The van der Waals surface area contributed by atoms with E-state index in [1.807, 2.05) is 9.62 Å². The predicted molar refractivity (Wildman–Crippen MR) is 133 cm³/mol. The van der Waals surface area contributed by atoms with Gasteiger partial charge in [0.05, 0.1) is 16.8 Å². The molecule has 7 nitrogen and oxygen atoms in total. The molecule has 0 unspecified atom stereocenters. The molecule has 2 fully saturated rings. The Bertz CT molecular complexity index is 1190. The summed E-state index contributed by atoms with van der Waals surface area (Å²) in [5.74, 6) is -2.34. The van der Waals surface area contributed by atoms with E-state index in [4.69, 9.17) is 27.9 Å². The SMILES string of the molecule is COC1CCN(CCC2(C)CN(c3cc(Cl)c(S(=O)(=O)Nc4cccc(F)n4)c(F)c3Cl)C2)CC1. The monoisotopic (exact) mass is 548 g/mol. The minimum Gasteiger partial charge on any atom is -0.381 e. The molecule has 0 radical (unpaired) electrons. The van der Waals surface area contributed by atoms with E-state index >= 15 is 4.39 Å². The van der Waals surface area contributed by atoms with Crippen LogP contribution < -0.4 is 9.62 Å². The van der Waals surface area contributed by atoms with E-state index in [0.29, 0.717) is 24.9 Å². The number of hydrogen-bond acceptors (Lipinski definition) is 6. The van der Waals surface area contributed by atoms with Crippen molar-refractivity contribution in [3.05, 3.63) is 46.1 Å². The lowest BCUT2D eigenvalue weighted by Gasteiger charge is -2.50. The first-order valence-electron chi connectivity index (χ1n) is 11.3. The van der Waals surface area contributed by atoms with Gasteiger partial charge in [-0.2, -0.15) is 4.39 Å². The lowest BCUT2D eigenvalue weighted by atomic mass is 9.78. The standard InChI is InChI=1S/C23H28Cl2F2N4O3S/c1-23(8-11-30-9-6-15(34-2)7-10-30)13-31(14-23)17-12-16(24)22(21(27)20(17)25)35(32,33)29-19-5-3-4-18(26)28-19/h3-5,12,15H,6-11,13-14H2,1-2H3,(H,28,29). The number of halogens is 4. The van der Waals surface area contributed by atoms with Crippen molar-refractivity contribution in [3.8, 4) is 0 Å². The minimum atomic E-state index is -4.50. The van der Waals surface area contributed by atoms with Crippen LogP contribution in [0, 0.1) is 17.2 Å². The van der Waals surface area contributed by atoms with Gasteiger partial charge in [-0.1, -0.05) is 36.2 Å². The Labute approximate surface area is 214 Å². The molecule has 0 saturated carbocycles. The molecule has 0 amide bonds. The Kier molecular flexibility index (Phi) is 7.78. The Hall–Kier alpha value is -1.72. The largest absolute Gasteiger partial charge is 0.381 e. The van der Waals surface area contributed by atoms with Crippen LogP contribution >= 0.6 is 23.2 Å². The molecule has 0 aliphatic carbocycles. The fourth-order valence-corrected chi connectivity index (χ4v) is 6.66. The summed E-state index contributed by atoms with van der Waals surface area (Å²) in [5, 5.41) is -0.647. The zero-order valence-corrected chi connectivity index (χ0v) is 21.9. The van der Waals surface area contributed by atoms with Crippen LogP contribution in [0.4, 0.5) is 20.3 Å². The van der Waals surface area contributed by atoms with Crippen molar-refractivity contribution in [3.63, 3.8) is 0 Å². The zero-order chi connectivity index (χ0) is 25.4. The highest BCUT2D eigenvalue weighted by molar-refractivity contribution is 7.92. The zero-order valence-electron chi connectivity index (χ0n) is 19.5. The number of nitrogens with one attached hydrogen (secondary N) is 1. The van der Waals surface area contributed by atoms with Crippen molar-refractivity contribution in [1.82, 2.24) is 9.88 Å². The number of rotatable bonds is 8. The van der Waals surface area contributed by atoms with E-state index in [9.17, 15) is 12.8 Å². The fourth-order valence-electron chi connectivity index (χ4n) is 4.70. The van der Waals surface area contributed by atoms with Gasteiger partial charge >= 0.3 is 0 Å². The van der Waals surface area contributed by atoms with E-state index < -0.39 is 26.7 Å². The second-order valence-corrected chi connectivity index (χ2v) is 11.9. The van der Waals surface area contributed by atoms with Crippen molar-refractivity contribution < 1.29 is 21.9 Å². The van der Waals surface area contributed by atoms with Crippen LogP contribution in [0.15, 0.2) is 29.2 Å². The number of ether oxygens (including phenoxy) is 1. The summed E-state index contributed by atoms with van der Waals surface area (Å²) in [6, 6.07) is 4.93. The van der Waals surface area contributed by atoms with Crippen molar-refractivity contribution in [1.29, 1.82) is 0 Å². The van der Waals surface area contributed by atoms with E-state index in [2.05, 4.69) is 16.8 Å². The molecule has 2 aliphatic rings. The van der Waals surface area contributed by atoms with Crippen molar-refractivity contribution in [2.45, 2.75) is 37.2 Å². The molecule has 12 heteroatoms. The number of benzene rings is 1. The maximum atomic E-state index is 15.2. The number of nitrogens with zero attached hydrogens (tertiary/aromatic N) is 3. The van der Waals surface area contributed by atoms with Crippen LogP contribution in [0.1, 0.15) is 26.2 Å². The topological polar surface area (TPSA) is 74.8 Å². The number of likely N-dealkylation sites (tertiary alicyclic amines) is 1. The number of methoxy groups -OCH3 is 1. The van der Waals surface area contributed by atoms with Gasteiger partial charge in [0.15, 0.2) is 5.82 Å². The molecule has 1 aromatic heterocycles. The summed E-state index contributed by atoms with van der Waals surface area (Å²) >= 11 is 12.5. The summed E-state index contributed by atoms with van der Waals surface area (Å²) in [6.07, 6.45) is 3.39. The highest BCUT2D eigenvalue weighted by atomic mass is 35.5. The molecule has 2 saturated heterocycles. The third-order valence-corrected chi connectivity index (χ3v) is 8.89. The van der Waals surface area contributed by atoms with Crippen LogP contribution in [0.5, 0.6) is 0 Å². The minimum absolute atomic E-state index is 0.0275. The fraction of sp³-hybridized carbons (Fsp3) is 0.522. The van der Waals surface area contributed by atoms with Gasteiger partial charge < -0.3 is 14.5 Å². The Morgan fingerprint density at radius 2 is 1.91 bits per heavy atom. The molecule has 1 N–H and O–H groups in total. The maximum absolute atomic E-state index is 15.2. The number of anilines is 2. The molecular weight excluding hydrogens is 521 g/mol. The quantitative estimate of drug-likeness (QED) is 0.377. The van der Waals surface area contributed by atoms with Crippen LogP contribution in [-0.4, -0.2) is 64.2 Å². The molecule has 0 atom stereocenters. The number of hydrogen-bond donors (Lipinski definition) is 1. The van der Waals surface area contributed by atoms with Crippen molar-refractivity contribution >= 4 is 44.7 Å². The number of sulfonamides is 1.